The second-order valence-electron chi connectivity index (χ2n) is 3.40. The summed E-state index contributed by atoms with van der Waals surface area (Å²) in [7, 11) is 0. The van der Waals surface area contributed by atoms with Gasteiger partial charge in [0.05, 0.1) is 12.7 Å². The maximum absolute atomic E-state index is 12.1. The van der Waals surface area contributed by atoms with Crippen LogP contribution in [0.2, 0.25) is 0 Å². The molecular weight excluding hydrogens is 223 g/mol. The largest absolute Gasteiger partial charge is 0.269 e. The maximum Gasteiger partial charge on any atom is 0.109 e. The fourth-order valence-electron chi connectivity index (χ4n) is 1.37. The van der Waals surface area contributed by atoms with E-state index in [-0.39, 0.29) is 6.67 Å². The molecule has 2 nitrogen and oxygen atoms in total. The molecule has 0 bridgehead atoms. The number of nitrogens with zero attached hydrogens (tertiary/aromatic N) is 2. The van der Waals surface area contributed by atoms with Crippen LogP contribution >= 0.6 is 11.8 Å². The molecule has 0 spiro atoms. The van der Waals surface area contributed by atoms with E-state index in [0.29, 0.717) is 6.54 Å². The molecule has 0 saturated carbocycles. The zero-order chi connectivity index (χ0) is 11.2. The van der Waals surface area contributed by atoms with Gasteiger partial charge < -0.3 is 0 Å². The minimum Gasteiger partial charge on any atom is -0.269 e. The Morgan fingerprint density at radius 3 is 2.81 bits per heavy atom. The molecule has 0 fully saturated rings. The first-order chi connectivity index (χ1) is 7.88. The predicted molar refractivity (Wildman–Crippen MR) is 64.2 cm³/mol. The van der Waals surface area contributed by atoms with Crippen molar-refractivity contribution in [1.29, 1.82) is 0 Å². The number of benzene rings is 1. The zero-order valence-electron chi connectivity index (χ0n) is 8.84. The number of rotatable bonds is 5. The summed E-state index contributed by atoms with van der Waals surface area (Å²) < 4.78 is 13.7. The summed E-state index contributed by atoms with van der Waals surface area (Å²) in [5.74, 6) is 0.919. The van der Waals surface area contributed by atoms with Gasteiger partial charge in [0.25, 0.3) is 0 Å². The molecule has 4 heteroatoms. The molecule has 0 aliphatic heterocycles. The van der Waals surface area contributed by atoms with Crippen molar-refractivity contribution in [2.45, 2.75) is 17.2 Å². The fraction of sp³-hybridized carbons (Fsp3) is 0.250. The standard InChI is InChI=1S/C12H13FN2S/c13-6-7-15-9-12(8-14-15)16-10-11-4-2-1-3-5-11/h1-5,8-9H,6-7,10H2. The van der Waals surface area contributed by atoms with Gasteiger partial charge in [-0.2, -0.15) is 5.10 Å². The fourth-order valence-corrected chi connectivity index (χ4v) is 2.21. The van der Waals surface area contributed by atoms with E-state index in [4.69, 9.17) is 0 Å². The van der Waals surface area contributed by atoms with Gasteiger partial charge in [-0.25, -0.2) is 4.39 Å². The molecule has 0 unspecified atom stereocenters. The number of hydrogen-bond acceptors (Lipinski definition) is 2. The molecule has 0 aliphatic carbocycles. The molecule has 0 aliphatic rings. The summed E-state index contributed by atoms with van der Waals surface area (Å²) in [6, 6.07) is 10.3. The van der Waals surface area contributed by atoms with Gasteiger partial charge in [0, 0.05) is 16.8 Å². The molecule has 0 atom stereocenters. The van der Waals surface area contributed by atoms with Gasteiger partial charge in [0.1, 0.15) is 6.67 Å². The van der Waals surface area contributed by atoms with E-state index in [1.807, 2.05) is 24.4 Å². The van der Waals surface area contributed by atoms with E-state index in [9.17, 15) is 4.39 Å². The second kappa shape index (κ2) is 5.70. The molecule has 2 aromatic rings. The Morgan fingerprint density at radius 2 is 2.06 bits per heavy atom. The molecule has 0 saturated heterocycles. The van der Waals surface area contributed by atoms with Crippen LogP contribution in [0.1, 0.15) is 5.56 Å². The Bertz CT molecular complexity index is 428. The monoisotopic (exact) mass is 236 g/mol. The van der Waals surface area contributed by atoms with Gasteiger partial charge in [-0.15, -0.1) is 11.8 Å². The second-order valence-corrected chi connectivity index (χ2v) is 4.45. The summed E-state index contributed by atoms with van der Waals surface area (Å²) in [4.78, 5) is 1.08. The third kappa shape index (κ3) is 3.10. The normalized spacial score (nSPS) is 10.6. The van der Waals surface area contributed by atoms with Crippen molar-refractivity contribution in [3.63, 3.8) is 0 Å². The minimum absolute atomic E-state index is 0.339. The number of aryl methyl sites for hydroxylation is 1. The lowest BCUT2D eigenvalue weighted by molar-refractivity contribution is 0.427. The summed E-state index contributed by atoms with van der Waals surface area (Å²) in [6.45, 7) is -0.0314. The van der Waals surface area contributed by atoms with E-state index in [1.165, 1.54) is 5.56 Å². The summed E-state index contributed by atoms with van der Waals surface area (Å²) >= 11 is 1.71. The van der Waals surface area contributed by atoms with Crippen molar-refractivity contribution >= 4 is 11.8 Å². The highest BCUT2D eigenvalue weighted by Crippen LogP contribution is 2.21. The Hall–Kier alpha value is -1.29. The SMILES string of the molecule is FCCn1cc(SCc2ccccc2)cn1. The van der Waals surface area contributed by atoms with Gasteiger partial charge in [0.2, 0.25) is 0 Å². The Balaban J connectivity index is 1.89. The first-order valence-electron chi connectivity index (χ1n) is 5.13. The highest BCUT2D eigenvalue weighted by atomic mass is 32.2. The van der Waals surface area contributed by atoms with Gasteiger partial charge in [-0.3, -0.25) is 4.68 Å². The lowest BCUT2D eigenvalue weighted by Crippen LogP contribution is -1.98. The predicted octanol–water partition coefficient (Wildman–Crippen LogP) is 3.14. The Kier molecular flexibility index (Phi) is 3.99. The van der Waals surface area contributed by atoms with E-state index < -0.39 is 0 Å². The topological polar surface area (TPSA) is 17.8 Å². The van der Waals surface area contributed by atoms with Crippen LogP contribution in [-0.2, 0) is 12.3 Å². The lowest BCUT2D eigenvalue weighted by atomic mass is 10.2. The molecule has 16 heavy (non-hydrogen) atoms. The van der Waals surface area contributed by atoms with Crippen LogP contribution in [0.3, 0.4) is 0 Å². The van der Waals surface area contributed by atoms with Gasteiger partial charge in [0.15, 0.2) is 0 Å². The lowest BCUT2D eigenvalue weighted by Gasteiger charge is -1.98. The molecule has 0 radical (unpaired) electrons. The van der Waals surface area contributed by atoms with Crippen molar-refractivity contribution < 1.29 is 4.39 Å². The Morgan fingerprint density at radius 1 is 1.25 bits per heavy atom. The van der Waals surface area contributed by atoms with Crippen LogP contribution < -0.4 is 0 Å². The van der Waals surface area contributed by atoms with Crippen molar-refractivity contribution in [1.82, 2.24) is 9.78 Å². The van der Waals surface area contributed by atoms with Crippen LogP contribution in [-0.4, -0.2) is 16.5 Å². The summed E-state index contributed by atoms with van der Waals surface area (Å²) in [5.41, 5.74) is 1.28. The number of hydrogen-bond donors (Lipinski definition) is 0. The van der Waals surface area contributed by atoms with Gasteiger partial charge >= 0.3 is 0 Å². The Labute approximate surface area is 98.5 Å². The van der Waals surface area contributed by atoms with E-state index in [0.717, 1.165) is 10.6 Å². The third-order valence-corrected chi connectivity index (χ3v) is 3.19. The molecule has 84 valence electrons. The smallest absolute Gasteiger partial charge is 0.109 e. The van der Waals surface area contributed by atoms with Crippen LogP contribution in [0.15, 0.2) is 47.6 Å². The van der Waals surface area contributed by atoms with Crippen molar-refractivity contribution in [3.05, 3.63) is 48.3 Å². The molecule has 1 aromatic carbocycles. The van der Waals surface area contributed by atoms with Gasteiger partial charge in [-0.05, 0) is 5.56 Å². The van der Waals surface area contributed by atoms with Crippen LogP contribution in [0.25, 0.3) is 0 Å². The maximum atomic E-state index is 12.1. The minimum atomic E-state index is -0.371. The molecule has 1 aromatic heterocycles. The van der Waals surface area contributed by atoms with Crippen molar-refractivity contribution in [2.75, 3.05) is 6.67 Å². The van der Waals surface area contributed by atoms with Crippen LogP contribution in [0, 0.1) is 0 Å². The average molecular weight is 236 g/mol. The molecule has 2 rings (SSSR count). The summed E-state index contributed by atoms with van der Waals surface area (Å²) in [6.07, 6.45) is 3.66. The summed E-state index contributed by atoms with van der Waals surface area (Å²) in [5, 5.41) is 4.07. The van der Waals surface area contributed by atoms with E-state index in [1.54, 1.807) is 22.6 Å². The molecular formula is C12H13FN2S. The molecule has 0 amide bonds. The van der Waals surface area contributed by atoms with Crippen LogP contribution in [0.4, 0.5) is 4.39 Å². The van der Waals surface area contributed by atoms with Crippen molar-refractivity contribution in [3.8, 4) is 0 Å². The molecule has 0 N–H and O–H groups in total. The average Bonchev–Trinajstić information content (AvgIpc) is 2.76. The number of halogens is 1. The molecule has 1 heterocycles. The number of alkyl halides is 1. The zero-order valence-corrected chi connectivity index (χ0v) is 9.66. The van der Waals surface area contributed by atoms with E-state index in [2.05, 4.69) is 17.2 Å². The number of aromatic nitrogens is 2. The van der Waals surface area contributed by atoms with Gasteiger partial charge in [-0.1, -0.05) is 30.3 Å². The highest BCUT2D eigenvalue weighted by molar-refractivity contribution is 7.98. The van der Waals surface area contributed by atoms with Crippen molar-refractivity contribution in [2.24, 2.45) is 0 Å². The first-order valence-corrected chi connectivity index (χ1v) is 6.12. The quantitative estimate of drug-likeness (QED) is 0.742. The van der Waals surface area contributed by atoms with E-state index >= 15 is 0 Å². The third-order valence-electron chi connectivity index (χ3n) is 2.17. The first kappa shape index (κ1) is 11.2. The number of thioether (sulfide) groups is 1. The van der Waals surface area contributed by atoms with Crippen LogP contribution in [0.5, 0.6) is 0 Å². The highest BCUT2D eigenvalue weighted by Gasteiger charge is 1.99.